The molecule has 0 unspecified atom stereocenters. The Morgan fingerprint density at radius 2 is 2.06 bits per heavy atom. The highest BCUT2D eigenvalue weighted by Gasteiger charge is 2.35. The van der Waals surface area contributed by atoms with Gasteiger partial charge in [-0.05, 0) is 18.4 Å². The summed E-state index contributed by atoms with van der Waals surface area (Å²) in [5, 5.41) is -0.746. The standard InChI is InChI=1S/C10H7F3N2S2/c1-16-8(10(11,12)13)15-9-14-6-4-2-3-5-7(6)17-9/h2-5H,1H3. The van der Waals surface area contributed by atoms with Crippen molar-refractivity contribution in [2.75, 3.05) is 6.26 Å². The molecule has 2 nitrogen and oxygen atoms in total. The van der Waals surface area contributed by atoms with Gasteiger partial charge >= 0.3 is 6.18 Å². The molecule has 2 rings (SSSR count). The quantitative estimate of drug-likeness (QED) is 0.574. The highest BCUT2D eigenvalue weighted by Crippen LogP contribution is 2.31. The van der Waals surface area contributed by atoms with Crippen LogP contribution in [0.3, 0.4) is 0 Å². The van der Waals surface area contributed by atoms with Crippen LogP contribution < -0.4 is 0 Å². The zero-order chi connectivity index (χ0) is 12.5. The van der Waals surface area contributed by atoms with Crippen LogP contribution in [0.5, 0.6) is 0 Å². The minimum Gasteiger partial charge on any atom is -0.218 e. The van der Waals surface area contributed by atoms with Crippen LogP contribution in [0.1, 0.15) is 0 Å². The third-order valence-corrected chi connectivity index (χ3v) is 3.56. The summed E-state index contributed by atoms with van der Waals surface area (Å²) in [6.45, 7) is 0. The molecular weight excluding hydrogens is 269 g/mol. The van der Waals surface area contributed by atoms with Crippen LogP contribution in [0.15, 0.2) is 29.3 Å². The van der Waals surface area contributed by atoms with Crippen LogP contribution in [-0.4, -0.2) is 22.5 Å². The maximum absolute atomic E-state index is 12.5. The zero-order valence-corrected chi connectivity index (χ0v) is 10.3. The van der Waals surface area contributed by atoms with E-state index in [0.717, 1.165) is 16.0 Å². The average Bonchev–Trinajstić information content (AvgIpc) is 2.66. The molecule has 0 aliphatic carbocycles. The predicted molar refractivity (Wildman–Crippen MR) is 66.3 cm³/mol. The van der Waals surface area contributed by atoms with E-state index in [-0.39, 0.29) is 5.13 Å². The Kier molecular flexibility index (Phi) is 3.39. The molecule has 0 saturated carbocycles. The summed E-state index contributed by atoms with van der Waals surface area (Å²) in [6.07, 6.45) is -3.07. The number of fused-ring (bicyclic) bond motifs is 1. The fourth-order valence-corrected chi connectivity index (χ4v) is 2.53. The average molecular weight is 276 g/mol. The molecule has 17 heavy (non-hydrogen) atoms. The minimum atomic E-state index is -4.42. The number of alkyl halides is 3. The molecule has 7 heteroatoms. The Hall–Kier alpha value is -1.08. The van der Waals surface area contributed by atoms with Gasteiger partial charge in [0.15, 0.2) is 5.04 Å². The lowest BCUT2D eigenvalue weighted by molar-refractivity contribution is -0.0553. The second-order valence-corrected chi connectivity index (χ2v) is 4.89. The molecule has 0 aliphatic rings. The van der Waals surface area contributed by atoms with Crippen LogP contribution in [-0.2, 0) is 0 Å². The van der Waals surface area contributed by atoms with Gasteiger partial charge < -0.3 is 0 Å². The zero-order valence-electron chi connectivity index (χ0n) is 8.65. The summed E-state index contributed by atoms with van der Waals surface area (Å²) in [5.74, 6) is 0. The lowest BCUT2D eigenvalue weighted by Crippen LogP contribution is -2.18. The number of halogens is 3. The Bertz CT molecular complexity index is 527. The molecule has 1 aromatic heterocycles. The Morgan fingerprint density at radius 1 is 1.35 bits per heavy atom. The van der Waals surface area contributed by atoms with E-state index >= 15 is 0 Å². The Balaban J connectivity index is 2.43. The number of aliphatic imine (C=N–C) groups is 1. The van der Waals surface area contributed by atoms with Crippen molar-refractivity contribution in [3.63, 3.8) is 0 Å². The first-order valence-corrected chi connectivity index (χ1v) is 6.60. The van der Waals surface area contributed by atoms with Gasteiger partial charge in [0.25, 0.3) is 0 Å². The monoisotopic (exact) mass is 276 g/mol. The van der Waals surface area contributed by atoms with Crippen molar-refractivity contribution in [2.45, 2.75) is 6.18 Å². The van der Waals surface area contributed by atoms with Gasteiger partial charge in [-0.1, -0.05) is 23.5 Å². The molecular formula is C10H7F3N2S2. The number of thioether (sulfide) groups is 1. The normalized spacial score (nSPS) is 13.3. The number of aromatic nitrogens is 1. The van der Waals surface area contributed by atoms with E-state index < -0.39 is 11.2 Å². The molecule has 0 saturated heterocycles. The molecule has 90 valence electrons. The van der Waals surface area contributed by atoms with Gasteiger partial charge in [0.1, 0.15) is 0 Å². The predicted octanol–water partition coefficient (Wildman–Crippen LogP) is 4.25. The molecule has 0 N–H and O–H groups in total. The third-order valence-electron chi connectivity index (χ3n) is 1.92. The van der Waals surface area contributed by atoms with E-state index in [1.807, 2.05) is 6.07 Å². The second-order valence-electron chi connectivity index (χ2n) is 3.08. The summed E-state index contributed by atoms with van der Waals surface area (Å²) >= 11 is 1.72. The highest BCUT2D eigenvalue weighted by molar-refractivity contribution is 8.13. The maximum atomic E-state index is 12.5. The first-order valence-electron chi connectivity index (χ1n) is 4.56. The molecule has 1 heterocycles. The van der Waals surface area contributed by atoms with E-state index in [9.17, 15) is 13.2 Å². The van der Waals surface area contributed by atoms with E-state index in [1.165, 1.54) is 6.26 Å². The lowest BCUT2D eigenvalue weighted by Gasteiger charge is -2.05. The fourth-order valence-electron chi connectivity index (χ4n) is 1.22. The van der Waals surface area contributed by atoms with Gasteiger partial charge in [0.05, 0.1) is 10.2 Å². The molecule has 0 amide bonds. The first-order chi connectivity index (χ1) is 8.00. The van der Waals surface area contributed by atoms with Gasteiger partial charge in [-0.2, -0.15) is 13.2 Å². The van der Waals surface area contributed by atoms with Crippen LogP contribution in [0.25, 0.3) is 10.2 Å². The van der Waals surface area contributed by atoms with Crippen molar-refractivity contribution >= 4 is 43.5 Å². The van der Waals surface area contributed by atoms with Crippen LogP contribution in [0.2, 0.25) is 0 Å². The smallest absolute Gasteiger partial charge is 0.218 e. The molecule has 2 aromatic rings. The Morgan fingerprint density at radius 3 is 2.65 bits per heavy atom. The van der Waals surface area contributed by atoms with E-state index in [0.29, 0.717) is 17.3 Å². The number of rotatable bonds is 1. The molecule has 0 radical (unpaired) electrons. The minimum absolute atomic E-state index is 0.132. The molecule has 0 aliphatic heterocycles. The number of hydrogen-bond donors (Lipinski definition) is 0. The van der Waals surface area contributed by atoms with E-state index in [4.69, 9.17) is 0 Å². The summed E-state index contributed by atoms with van der Waals surface area (Å²) in [7, 11) is 0. The molecule has 0 spiro atoms. The number of benzene rings is 1. The van der Waals surface area contributed by atoms with Gasteiger partial charge in [-0.25, -0.2) is 9.98 Å². The van der Waals surface area contributed by atoms with Crippen molar-refractivity contribution < 1.29 is 13.2 Å². The summed E-state index contributed by atoms with van der Waals surface area (Å²) in [6, 6.07) is 7.15. The van der Waals surface area contributed by atoms with Crippen molar-refractivity contribution in [3.8, 4) is 0 Å². The SMILES string of the molecule is CSC(=Nc1nc2ccccc2s1)C(F)(F)F. The summed E-state index contributed by atoms with van der Waals surface area (Å²) in [5.41, 5.74) is 0.666. The third kappa shape index (κ3) is 2.78. The molecule has 0 bridgehead atoms. The van der Waals surface area contributed by atoms with Crippen LogP contribution in [0.4, 0.5) is 18.3 Å². The van der Waals surface area contributed by atoms with Gasteiger partial charge in [-0.3, -0.25) is 0 Å². The van der Waals surface area contributed by atoms with Crippen molar-refractivity contribution in [2.24, 2.45) is 4.99 Å². The van der Waals surface area contributed by atoms with Crippen LogP contribution in [0, 0.1) is 0 Å². The Labute approximate surface area is 104 Å². The molecule has 0 fully saturated rings. The van der Waals surface area contributed by atoms with Crippen molar-refractivity contribution in [1.29, 1.82) is 0 Å². The summed E-state index contributed by atoms with van der Waals surface area (Å²) in [4.78, 5) is 7.58. The number of thiazole rings is 1. The maximum Gasteiger partial charge on any atom is 0.439 e. The first kappa shape index (κ1) is 12.4. The van der Waals surface area contributed by atoms with Crippen molar-refractivity contribution in [1.82, 2.24) is 4.98 Å². The topological polar surface area (TPSA) is 25.2 Å². The van der Waals surface area contributed by atoms with E-state index in [1.54, 1.807) is 18.2 Å². The molecule has 0 atom stereocenters. The van der Waals surface area contributed by atoms with Crippen molar-refractivity contribution in [3.05, 3.63) is 24.3 Å². The summed E-state index contributed by atoms with van der Waals surface area (Å²) < 4.78 is 38.3. The fraction of sp³-hybridized carbons (Fsp3) is 0.200. The second kappa shape index (κ2) is 4.66. The van der Waals surface area contributed by atoms with Gasteiger partial charge in [0, 0.05) is 0 Å². The van der Waals surface area contributed by atoms with Crippen LogP contribution >= 0.6 is 23.1 Å². The van der Waals surface area contributed by atoms with E-state index in [2.05, 4.69) is 9.98 Å². The highest BCUT2D eigenvalue weighted by atomic mass is 32.2. The molecule has 1 aromatic carbocycles. The van der Waals surface area contributed by atoms with Gasteiger partial charge in [0.2, 0.25) is 5.13 Å². The lowest BCUT2D eigenvalue weighted by atomic mass is 10.3. The number of para-hydroxylation sites is 1. The largest absolute Gasteiger partial charge is 0.439 e. The van der Waals surface area contributed by atoms with Gasteiger partial charge in [-0.15, -0.1) is 11.8 Å². The number of hydrogen-bond acceptors (Lipinski definition) is 4. The number of nitrogens with zero attached hydrogens (tertiary/aromatic N) is 2.